The molecule has 21 heavy (non-hydrogen) atoms. The van der Waals surface area contributed by atoms with Gasteiger partial charge in [0.15, 0.2) is 0 Å². The van der Waals surface area contributed by atoms with Crippen molar-refractivity contribution in [3.63, 3.8) is 0 Å². The Labute approximate surface area is 125 Å². The number of aliphatic carboxylic acids is 1. The number of benzene rings is 1. The van der Waals surface area contributed by atoms with Crippen molar-refractivity contribution < 1.29 is 14.7 Å². The summed E-state index contributed by atoms with van der Waals surface area (Å²) in [5, 5.41) is 11.8. The molecule has 5 heteroatoms. The Kier molecular flexibility index (Phi) is 4.50. The van der Waals surface area contributed by atoms with Crippen molar-refractivity contribution >= 4 is 17.7 Å². The molecule has 1 unspecified atom stereocenters. The van der Waals surface area contributed by atoms with Crippen LogP contribution in [0.2, 0.25) is 0 Å². The summed E-state index contributed by atoms with van der Waals surface area (Å²) in [6.45, 7) is 6.26. The average molecular weight is 290 g/mol. The van der Waals surface area contributed by atoms with Gasteiger partial charge in [-0.05, 0) is 29.9 Å². The summed E-state index contributed by atoms with van der Waals surface area (Å²) in [5.74, 6) is -0.812. The zero-order valence-electron chi connectivity index (χ0n) is 12.7. The number of urea groups is 1. The molecule has 0 spiro atoms. The molecule has 0 aromatic heterocycles. The quantitative estimate of drug-likeness (QED) is 0.898. The smallest absolute Gasteiger partial charge is 0.326 e. The molecule has 5 nitrogen and oxygen atoms in total. The number of nitrogens with zero attached hydrogens (tertiary/aromatic N) is 1. The van der Waals surface area contributed by atoms with Crippen LogP contribution in [0.4, 0.5) is 10.5 Å². The van der Waals surface area contributed by atoms with Crippen LogP contribution in [0.1, 0.15) is 26.3 Å². The van der Waals surface area contributed by atoms with Gasteiger partial charge in [-0.3, -0.25) is 4.90 Å². The molecule has 2 atom stereocenters. The Balaban J connectivity index is 2.21. The molecule has 2 N–H and O–H groups in total. The van der Waals surface area contributed by atoms with Crippen LogP contribution < -0.4 is 10.2 Å². The molecule has 0 aliphatic carbocycles. The van der Waals surface area contributed by atoms with E-state index in [2.05, 4.69) is 12.2 Å². The average Bonchev–Trinajstić information content (AvgIpc) is 2.42. The molecule has 2 amide bonds. The van der Waals surface area contributed by atoms with Crippen molar-refractivity contribution in [3.05, 3.63) is 29.8 Å². The van der Waals surface area contributed by atoms with Gasteiger partial charge in [0.1, 0.15) is 6.04 Å². The van der Waals surface area contributed by atoms with Gasteiger partial charge in [0.25, 0.3) is 0 Å². The predicted molar refractivity (Wildman–Crippen MR) is 81.4 cm³/mol. The highest BCUT2D eigenvalue weighted by Crippen LogP contribution is 2.29. The summed E-state index contributed by atoms with van der Waals surface area (Å²) >= 11 is 0. The van der Waals surface area contributed by atoms with Crippen molar-refractivity contribution in [2.24, 2.45) is 11.8 Å². The van der Waals surface area contributed by atoms with Crippen molar-refractivity contribution in [2.75, 3.05) is 11.4 Å². The first kappa shape index (κ1) is 15.4. The third kappa shape index (κ3) is 3.35. The number of hydrogen-bond donors (Lipinski definition) is 2. The molecule has 1 aromatic rings. The Hall–Kier alpha value is -2.04. The first-order valence-electron chi connectivity index (χ1n) is 7.29. The number of hydrogen-bond acceptors (Lipinski definition) is 2. The van der Waals surface area contributed by atoms with Gasteiger partial charge in [0.2, 0.25) is 0 Å². The normalized spacial score (nSPS) is 19.0. The highest BCUT2D eigenvalue weighted by atomic mass is 16.4. The Morgan fingerprint density at radius 1 is 1.33 bits per heavy atom. The third-order valence-electron chi connectivity index (χ3n) is 3.80. The van der Waals surface area contributed by atoms with E-state index in [9.17, 15) is 14.7 Å². The van der Waals surface area contributed by atoms with E-state index in [0.717, 1.165) is 17.7 Å². The number of amides is 2. The van der Waals surface area contributed by atoms with Gasteiger partial charge < -0.3 is 10.4 Å². The van der Waals surface area contributed by atoms with Crippen LogP contribution in [0.15, 0.2) is 24.3 Å². The fourth-order valence-electron chi connectivity index (χ4n) is 2.71. The molecule has 0 saturated heterocycles. The zero-order chi connectivity index (χ0) is 15.6. The molecule has 114 valence electrons. The van der Waals surface area contributed by atoms with Crippen LogP contribution in [0.25, 0.3) is 0 Å². The van der Waals surface area contributed by atoms with E-state index in [0.29, 0.717) is 12.5 Å². The van der Waals surface area contributed by atoms with E-state index in [1.54, 1.807) is 18.7 Å². The Bertz CT molecular complexity index is 542. The van der Waals surface area contributed by atoms with Crippen LogP contribution in [-0.2, 0) is 11.2 Å². The summed E-state index contributed by atoms with van der Waals surface area (Å²) in [6.07, 6.45) is 0.937. The number of carbonyl (C=O) groups excluding carboxylic acids is 1. The molecule has 1 aliphatic rings. The lowest BCUT2D eigenvalue weighted by Crippen LogP contribution is -2.52. The van der Waals surface area contributed by atoms with Gasteiger partial charge in [-0.1, -0.05) is 39.0 Å². The fraction of sp³-hybridized carbons (Fsp3) is 0.500. The number of anilines is 1. The lowest BCUT2D eigenvalue weighted by atomic mass is 9.94. The fourth-order valence-corrected chi connectivity index (χ4v) is 2.71. The topological polar surface area (TPSA) is 69.6 Å². The number of fused-ring (bicyclic) bond motifs is 1. The number of carboxylic acid groups (broad SMARTS) is 1. The second-order valence-corrected chi connectivity index (χ2v) is 6.06. The number of carbonyl (C=O) groups is 2. The molecule has 0 bridgehead atoms. The molecule has 0 radical (unpaired) electrons. The molecule has 1 aliphatic heterocycles. The van der Waals surface area contributed by atoms with Crippen LogP contribution in [0, 0.1) is 11.8 Å². The minimum absolute atomic E-state index is 0.163. The monoisotopic (exact) mass is 290 g/mol. The summed E-state index contributed by atoms with van der Waals surface area (Å²) in [7, 11) is 0. The molecule has 1 aromatic carbocycles. The first-order chi connectivity index (χ1) is 9.90. The minimum atomic E-state index is -1.00. The van der Waals surface area contributed by atoms with E-state index in [4.69, 9.17) is 0 Å². The summed E-state index contributed by atoms with van der Waals surface area (Å²) < 4.78 is 0. The largest absolute Gasteiger partial charge is 0.480 e. The second-order valence-electron chi connectivity index (χ2n) is 6.06. The van der Waals surface area contributed by atoms with Crippen molar-refractivity contribution in [1.29, 1.82) is 0 Å². The molecule has 1 heterocycles. The van der Waals surface area contributed by atoms with Crippen molar-refractivity contribution in [3.8, 4) is 0 Å². The summed E-state index contributed by atoms with van der Waals surface area (Å²) in [4.78, 5) is 25.4. The van der Waals surface area contributed by atoms with E-state index in [-0.39, 0.29) is 11.9 Å². The third-order valence-corrected chi connectivity index (χ3v) is 3.80. The standard InChI is InChI=1S/C16H22N2O3/c1-10(2)14(15(19)20)17-16(21)18-9-11(3)8-12-6-4-5-7-13(12)18/h4-7,10-11,14H,8-9H2,1-3H3,(H,17,21)(H,19,20)/t11?,14-/m1/s1. The van der Waals surface area contributed by atoms with Gasteiger partial charge in [-0.25, -0.2) is 9.59 Å². The van der Waals surface area contributed by atoms with Crippen LogP contribution >= 0.6 is 0 Å². The van der Waals surface area contributed by atoms with Crippen molar-refractivity contribution in [1.82, 2.24) is 5.32 Å². The molecule has 0 fully saturated rings. The first-order valence-corrected chi connectivity index (χ1v) is 7.29. The van der Waals surface area contributed by atoms with Crippen LogP contribution in [0.5, 0.6) is 0 Å². The van der Waals surface area contributed by atoms with Gasteiger partial charge in [0, 0.05) is 12.2 Å². The number of carboxylic acids is 1. The lowest BCUT2D eigenvalue weighted by Gasteiger charge is -2.34. The van der Waals surface area contributed by atoms with E-state index in [1.807, 2.05) is 24.3 Å². The number of rotatable bonds is 3. The number of para-hydroxylation sites is 1. The lowest BCUT2D eigenvalue weighted by molar-refractivity contribution is -0.140. The van der Waals surface area contributed by atoms with Gasteiger partial charge in [-0.15, -0.1) is 0 Å². The predicted octanol–water partition coefficient (Wildman–Crippen LogP) is 2.50. The SMILES string of the molecule is CC1Cc2ccccc2N(C(=O)N[C@@H](C(=O)O)C(C)C)C1. The highest BCUT2D eigenvalue weighted by molar-refractivity contribution is 5.95. The van der Waals surface area contributed by atoms with E-state index < -0.39 is 12.0 Å². The summed E-state index contributed by atoms with van der Waals surface area (Å²) in [6, 6.07) is 6.57. The van der Waals surface area contributed by atoms with Crippen LogP contribution in [-0.4, -0.2) is 29.7 Å². The maximum Gasteiger partial charge on any atom is 0.326 e. The maximum absolute atomic E-state index is 12.5. The van der Waals surface area contributed by atoms with E-state index in [1.165, 1.54) is 0 Å². The summed E-state index contributed by atoms with van der Waals surface area (Å²) in [5.41, 5.74) is 2.00. The van der Waals surface area contributed by atoms with Gasteiger partial charge in [0.05, 0.1) is 0 Å². The van der Waals surface area contributed by atoms with Crippen LogP contribution in [0.3, 0.4) is 0 Å². The zero-order valence-corrected chi connectivity index (χ0v) is 12.7. The molecular weight excluding hydrogens is 268 g/mol. The highest BCUT2D eigenvalue weighted by Gasteiger charge is 2.30. The second kappa shape index (κ2) is 6.16. The molecule has 0 saturated carbocycles. The van der Waals surface area contributed by atoms with E-state index >= 15 is 0 Å². The van der Waals surface area contributed by atoms with Gasteiger partial charge in [-0.2, -0.15) is 0 Å². The minimum Gasteiger partial charge on any atom is -0.480 e. The molecular formula is C16H22N2O3. The maximum atomic E-state index is 12.5. The number of nitrogens with one attached hydrogen (secondary N) is 1. The van der Waals surface area contributed by atoms with Crippen molar-refractivity contribution in [2.45, 2.75) is 33.2 Å². The Morgan fingerprint density at radius 3 is 2.62 bits per heavy atom. The van der Waals surface area contributed by atoms with Gasteiger partial charge >= 0.3 is 12.0 Å². The molecule has 2 rings (SSSR count). The Morgan fingerprint density at radius 2 is 2.00 bits per heavy atom.